The maximum absolute atomic E-state index is 12.5. The number of fused-ring (bicyclic) bond motifs is 1. The third kappa shape index (κ3) is 2.68. The van der Waals surface area contributed by atoms with E-state index < -0.39 is 10.0 Å². The summed E-state index contributed by atoms with van der Waals surface area (Å²) in [4.78, 5) is 7.42. The number of aromatic amines is 1. The Morgan fingerprint density at radius 3 is 2.86 bits per heavy atom. The van der Waals surface area contributed by atoms with Gasteiger partial charge in [0, 0.05) is 30.5 Å². The molecule has 0 spiro atoms. The summed E-state index contributed by atoms with van der Waals surface area (Å²) >= 11 is 0. The minimum atomic E-state index is -3.58. The maximum Gasteiger partial charge on any atom is 0.241 e. The number of nitrogens with zero attached hydrogens (tertiary/aromatic N) is 1. The molecular weight excluding hydrogens is 286 g/mol. The van der Waals surface area contributed by atoms with Crippen molar-refractivity contribution in [3.05, 3.63) is 60.0 Å². The molecule has 6 heteroatoms. The van der Waals surface area contributed by atoms with E-state index in [0.29, 0.717) is 10.9 Å². The van der Waals surface area contributed by atoms with E-state index in [1.54, 1.807) is 42.9 Å². The highest BCUT2D eigenvalue weighted by Gasteiger charge is 2.18. The van der Waals surface area contributed by atoms with Crippen molar-refractivity contribution in [3.8, 4) is 0 Å². The van der Waals surface area contributed by atoms with Crippen LogP contribution in [0, 0.1) is 6.92 Å². The average molecular weight is 301 g/mol. The smallest absolute Gasteiger partial charge is 0.241 e. The van der Waals surface area contributed by atoms with Crippen molar-refractivity contribution in [2.75, 3.05) is 0 Å². The van der Waals surface area contributed by atoms with E-state index in [1.165, 1.54) is 0 Å². The number of rotatable bonds is 4. The lowest BCUT2D eigenvalue weighted by Gasteiger charge is -2.10. The van der Waals surface area contributed by atoms with Crippen LogP contribution in [0.25, 0.3) is 10.9 Å². The molecule has 2 aromatic heterocycles. The summed E-state index contributed by atoms with van der Waals surface area (Å²) in [6.45, 7) is 2.17. The predicted molar refractivity (Wildman–Crippen MR) is 81.3 cm³/mol. The van der Waals surface area contributed by atoms with Crippen molar-refractivity contribution in [1.82, 2.24) is 14.7 Å². The van der Waals surface area contributed by atoms with Crippen LogP contribution in [0.2, 0.25) is 0 Å². The summed E-state index contributed by atoms with van der Waals surface area (Å²) < 4.78 is 27.6. The fraction of sp³-hybridized carbons (Fsp3) is 0.133. The molecule has 21 heavy (non-hydrogen) atoms. The molecule has 2 heterocycles. The van der Waals surface area contributed by atoms with E-state index in [2.05, 4.69) is 14.7 Å². The van der Waals surface area contributed by atoms with E-state index in [1.807, 2.05) is 13.0 Å². The summed E-state index contributed by atoms with van der Waals surface area (Å²) in [6.07, 6.45) is 5.19. The van der Waals surface area contributed by atoms with Gasteiger partial charge in [-0.3, -0.25) is 4.98 Å². The highest BCUT2D eigenvalue weighted by molar-refractivity contribution is 7.89. The molecule has 0 fully saturated rings. The first-order valence-electron chi connectivity index (χ1n) is 6.53. The first-order valence-corrected chi connectivity index (χ1v) is 8.02. The lowest BCUT2D eigenvalue weighted by Crippen LogP contribution is -2.23. The van der Waals surface area contributed by atoms with Crippen LogP contribution in [-0.2, 0) is 16.6 Å². The molecule has 0 amide bonds. The quantitative estimate of drug-likeness (QED) is 0.776. The Kier molecular flexibility index (Phi) is 3.48. The third-order valence-corrected chi connectivity index (χ3v) is 4.81. The SMILES string of the molecule is Cc1ccc(S(=O)(=O)NCc2cc[nH]c2)c2cccnc12. The normalized spacial score (nSPS) is 11.9. The third-order valence-electron chi connectivity index (χ3n) is 3.35. The molecule has 3 rings (SSSR count). The van der Waals surface area contributed by atoms with Gasteiger partial charge in [-0.1, -0.05) is 6.07 Å². The monoisotopic (exact) mass is 301 g/mol. The first-order chi connectivity index (χ1) is 10.1. The molecule has 0 aliphatic carbocycles. The number of pyridine rings is 1. The van der Waals surface area contributed by atoms with Crippen LogP contribution in [0.15, 0.2) is 53.8 Å². The van der Waals surface area contributed by atoms with Crippen molar-refractivity contribution in [1.29, 1.82) is 0 Å². The van der Waals surface area contributed by atoms with Gasteiger partial charge in [-0.05, 0) is 42.3 Å². The highest BCUT2D eigenvalue weighted by Crippen LogP contribution is 2.24. The minimum Gasteiger partial charge on any atom is -0.367 e. The zero-order valence-corrected chi connectivity index (χ0v) is 12.3. The number of hydrogen-bond donors (Lipinski definition) is 2. The van der Waals surface area contributed by atoms with Gasteiger partial charge in [-0.2, -0.15) is 0 Å². The van der Waals surface area contributed by atoms with Gasteiger partial charge in [-0.15, -0.1) is 0 Å². The highest BCUT2D eigenvalue weighted by atomic mass is 32.2. The fourth-order valence-corrected chi connectivity index (χ4v) is 3.46. The number of aromatic nitrogens is 2. The van der Waals surface area contributed by atoms with Gasteiger partial charge in [0.15, 0.2) is 0 Å². The van der Waals surface area contributed by atoms with E-state index in [0.717, 1.165) is 11.1 Å². The molecule has 0 atom stereocenters. The van der Waals surface area contributed by atoms with Gasteiger partial charge in [-0.25, -0.2) is 13.1 Å². The molecule has 5 nitrogen and oxygen atoms in total. The number of benzene rings is 1. The molecule has 0 radical (unpaired) electrons. The predicted octanol–water partition coefficient (Wildman–Crippen LogP) is 2.35. The van der Waals surface area contributed by atoms with Crippen LogP contribution in [0.4, 0.5) is 0 Å². The number of H-pyrrole nitrogens is 1. The number of aryl methyl sites for hydroxylation is 1. The first kappa shape index (κ1) is 13.8. The van der Waals surface area contributed by atoms with E-state index in [-0.39, 0.29) is 11.4 Å². The van der Waals surface area contributed by atoms with Crippen LogP contribution < -0.4 is 4.72 Å². The van der Waals surface area contributed by atoms with Gasteiger partial charge >= 0.3 is 0 Å². The average Bonchev–Trinajstić information content (AvgIpc) is 2.99. The van der Waals surface area contributed by atoms with Gasteiger partial charge in [0.1, 0.15) is 0 Å². The molecule has 0 bridgehead atoms. The molecule has 3 aromatic rings. The Morgan fingerprint density at radius 2 is 2.10 bits per heavy atom. The second-order valence-electron chi connectivity index (χ2n) is 4.82. The van der Waals surface area contributed by atoms with Crippen LogP contribution in [0.1, 0.15) is 11.1 Å². The number of sulfonamides is 1. The second kappa shape index (κ2) is 5.31. The van der Waals surface area contributed by atoms with Crippen molar-refractivity contribution < 1.29 is 8.42 Å². The second-order valence-corrected chi connectivity index (χ2v) is 6.56. The summed E-state index contributed by atoms with van der Waals surface area (Å²) in [6, 6.07) is 8.75. The summed E-state index contributed by atoms with van der Waals surface area (Å²) in [5.41, 5.74) is 2.55. The summed E-state index contributed by atoms with van der Waals surface area (Å²) in [5.74, 6) is 0. The van der Waals surface area contributed by atoms with Crippen LogP contribution >= 0.6 is 0 Å². The number of hydrogen-bond acceptors (Lipinski definition) is 3. The maximum atomic E-state index is 12.5. The van der Waals surface area contributed by atoms with E-state index >= 15 is 0 Å². The van der Waals surface area contributed by atoms with Gasteiger partial charge in [0.25, 0.3) is 0 Å². The number of nitrogens with one attached hydrogen (secondary N) is 2. The molecule has 1 aromatic carbocycles. The zero-order valence-electron chi connectivity index (χ0n) is 11.5. The largest absolute Gasteiger partial charge is 0.367 e. The van der Waals surface area contributed by atoms with Crippen molar-refractivity contribution >= 4 is 20.9 Å². The summed E-state index contributed by atoms with van der Waals surface area (Å²) in [7, 11) is -3.58. The van der Waals surface area contributed by atoms with Crippen LogP contribution in [0.3, 0.4) is 0 Å². The summed E-state index contributed by atoms with van der Waals surface area (Å²) in [5, 5.41) is 0.638. The van der Waals surface area contributed by atoms with Gasteiger partial charge in [0.2, 0.25) is 10.0 Å². The minimum absolute atomic E-state index is 0.251. The molecule has 0 aliphatic heterocycles. The zero-order chi connectivity index (χ0) is 14.9. The Hall–Kier alpha value is -2.18. The van der Waals surface area contributed by atoms with E-state index in [9.17, 15) is 8.42 Å². The molecule has 0 unspecified atom stereocenters. The Bertz CT molecular complexity index is 871. The lowest BCUT2D eigenvalue weighted by atomic mass is 10.1. The van der Waals surface area contributed by atoms with E-state index in [4.69, 9.17) is 0 Å². The molecule has 0 aliphatic rings. The molecule has 2 N–H and O–H groups in total. The molecule has 108 valence electrons. The van der Waals surface area contributed by atoms with Gasteiger partial charge < -0.3 is 4.98 Å². The fourth-order valence-electron chi connectivity index (χ4n) is 2.25. The molecule has 0 saturated heterocycles. The standard InChI is InChI=1S/C15H15N3O2S/c1-11-4-5-14(13-3-2-7-17-15(11)13)21(19,20)18-10-12-6-8-16-9-12/h2-9,16,18H,10H2,1H3. The topological polar surface area (TPSA) is 74.8 Å². The van der Waals surface area contributed by atoms with Gasteiger partial charge in [0.05, 0.1) is 10.4 Å². The molecule has 0 saturated carbocycles. The Balaban J connectivity index is 2.01. The lowest BCUT2D eigenvalue weighted by molar-refractivity contribution is 0.582. The van der Waals surface area contributed by atoms with Crippen molar-refractivity contribution in [2.45, 2.75) is 18.4 Å². The van der Waals surface area contributed by atoms with Crippen molar-refractivity contribution in [3.63, 3.8) is 0 Å². The van der Waals surface area contributed by atoms with Crippen LogP contribution in [-0.4, -0.2) is 18.4 Å². The molecular formula is C15H15N3O2S. The van der Waals surface area contributed by atoms with Crippen LogP contribution in [0.5, 0.6) is 0 Å². The van der Waals surface area contributed by atoms with Crippen molar-refractivity contribution in [2.24, 2.45) is 0 Å². The Morgan fingerprint density at radius 1 is 1.24 bits per heavy atom. The Labute approximate surface area is 123 Å².